The molecule has 3 aromatic rings. The van der Waals surface area contributed by atoms with Crippen LogP contribution in [0.25, 0.3) is 10.9 Å². The highest BCUT2D eigenvalue weighted by molar-refractivity contribution is 5.86. The molecular weight excluding hydrogens is 385 g/mol. The minimum absolute atomic E-state index is 0.0321. The molecule has 0 amide bonds. The maximum absolute atomic E-state index is 12.8. The Kier molecular flexibility index (Phi) is 4.97. The molecule has 1 aliphatic rings. The third-order valence-electron chi connectivity index (χ3n) is 5.13. The highest BCUT2D eigenvalue weighted by atomic mass is 19.4. The topological polar surface area (TPSA) is 52.3 Å². The van der Waals surface area contributed by atoms with Crippen molar-refractivity contribution in [2.75, 3.05) is 18.0 Å². The van der Waals surface area contributed by atoms with E-state index in [-0.39, 0.29) is 11.7 Å². The number of hydrogen-bond acceptors (Lipinski definition) is 4. The summed E-state index contributed by atoms with van der Waals surface area (Å²) < 4.78 is 46.9. The summed E-state index contributed by atoms with van der Waals surface area (Å²) in [6.07, 6.45) is -1.35. The van der Waals surface area contributed by atoms with Crippen LogP contribution >= 0.6 is 0 Å². The molecule has 29 heavy (non-hydrogen) atoms. The minimum atomic E-state index is -4.27. The van der Waals surface area contributed by atoms with Gasteiger partial charge in [0.1, 0.15) is 24.2 Å². The van der Waals surface area contributed by atoms with E-state index in [1.54, 1.807) is 37.4 Å². The van der Waals surface area contributed by atoms with E-state index >= 15 is 0 Å². The Morgan fingerprint density at radius 3 is 2.59 bits per heavy atom. The molecule has 3 heterocycles. The second-order valence-electron chi connectivity index (χ2n) is 7.21. The molecule has 1 fully saturated rings. The lowest BCUT2D eigenvalue weighted by atomic mass is 10.1. The number of rotatable bonds is 4. The van der Waals surface area contributed by atoms with Gasteiger partial charge in [-0.1, -0.05) is 6.07 Å². The Morgan fingerprint density at radius 1 is 1.14 bits per heavy atom. The van der Waals surface area contributed by atoms with E-state index in [1.807, 2.05) is 0 Å². The molecule has 2 aromatic heterocycles. The molecule has 9 heteroatoms. The fraction of sp³-hybridized carbons (Fsp3) is 0.400. The Morgan fingerprint density at radius 2 is 1.90 bits per heavy atom. The van der Waals surface area contributed by atoms with Crippen molar-refractivity contribution < 1.29 is 17.9 Å². The Hall–Kier alpha value is -2.97. The lowest BCUT2D eigenvalue weighted by Crippen LogP contribution is -2.39. The van der Waals surface area contributed by atoms with Gasteiger partial charge in [-0.2, -0.15) is 18.3 Å². The summed E-state index contributed by atoms with van der Waals surface area (Å²) in [5.74, 6) is 1.35. The standard InChI is InChI=1S/C20H21F3N4O2/c1-25-19(28)6-5-18(24-25)26-10-7-14(8-11-26)29-17-4-2-3-16-15(17)9-12-27(16)13-20(21,22)23/h2-6,9,12,14H,7-8,10-11,13H2,1H3. The van der Waals surface area contributed by atoms with Crippen molar-refractivity contribution in [1.82, 2.24) is 14.3 Å². The number of nitrogens with zero attached hydrogens (tertiary/aromatic N) is 4. The highest BCUT2D eigenvalue weighted by Crippen LogP contribution is 2.31. The van der Waals surface area contributed by atoms with Gasteiger partial charge in [0.05, 0.1) is 5.52 Å². The van der Waals surface area contributed by atoms with E-state index in [0.717, 1.165) is 31.7 Å². The van der Waals surface area contributed by atoms with Crippen LogP contribution in [0.5, 0.6) is 5.75 Å². The van der Waals surface area contributed by atoms with E-state index < -0.39 is 12.7 Å². The largest absolute Gasteiger partial charge is 0.490 e. The van der Waals surface area contributed by atoms with Crippen molar-refractivity contribution in [2.45, 2.75) is 31.7 Å². The fourth-order valence-corrected chi connectivity index (χ4v) is 3.67. The van der Waals surface area contributed by atoms with Crippen molar-refractivity contribution in [3.8, 4) is 5.75 Å². The lowest BCUT2D eigenvalue weighted by molar-refractivity contribution is -0.139. The van der Waals surface area contributed by atoms with Crippen LogP contribution in [0.4, 0.5) is 19.0 Å². The van der Waals surface area contributed by atoms with Crippen LogP contribution in [0.15, 0.2) is 47.4 Å². The van der Waals surface area contributed by atoms with Gasteiger partial charge < -0.3 is 14.2 Å². The SMILES string of the molecule is Cn1nc(N2CCC(Oc3cccc4c3ccn4CC(F)(F)F)CC2)ccc1=O. The third-order valence-corrected chi connectivity index (χ3v) is 5.13. The quantitative estimate of drug-likeness (QED) is 0.667. The van der Waals surface area contributed by atoms with Crippen molar-refractivity contribution >= 4 is 16.7 Å². The molecule has 0 N–H and O–H groups in total. The Balaban J connectivity index is 1.45. The van der Waals surface area contributed by atoms with Crippen LogP contribution in [0.2, 0.25) is 0 Å². The molecule has 0 radical (unpaired) electrons. The van der Waals surface area contributed by atoms with Crippen molar-refractivity contribution in [3.63, 3.8) is 0 Å². The number of aromatic nitrogens is 3. The summed E-state index contributed by atoms with van der Waals surface area (Å²) in [5.41, 5.74) is 0.351. The van der Waals surface area contributed by atoms with E-state index in [9.17, 15) is 18.0 Å². The molecule has 0 bridgehead atoms. The van der Waals surface area contributed by atoms with Gasteiger partial charge in [-0.3, -0.25) is 4.79 Å². The van der Waals surface area contributed by atoms with Gasteiger partial charge in [-0.15, -0.1) is 0 Å². The molecule has 0 saturated carbocycles. The summed E-state index contributed by atoms with van der Waals surface area (Å²) in [4.78, 5) is 13.6. The number of hydrogen-bond donors (Lipinski definition) is 0. The lowest BCUT2D eigenvalue weighted by Gasteiger charge is -2.33. The van der Waals surface area contributed by atoms with E-state index in [1.165, 1.54) is 21.5 Å². The normalized spacial score (nSPS) is 15.8. The number of fused-ring (bicyclic) bond motifs is 1. The first-order chi connectivity index (χ1) is 13.8. The molecule has 0 unspecified atom stereocenters. The first-order valence-electron chi connectivity index (χ1n) is 9.41. The maximum Gasteiger partial charge on any atom is 0.406 e. The molecule has 4 rings (SSSR count). The van der Waals surface area contributed by atoms with Gasteiger partial charge in [0.25, 0.3) is 5.56 Å². The third kappa shape index (κ3) is 4.23. The predicted octanol–water partition coefficient (Wildman–Crippen LogP) is 3.35. The first kappa shape index (κ1) is 19.4. The summed E-state index contributed by atoms with van der Waals surface area (Å²) in [6, 6.07) is 10.1. The van der Waals surface area contributed by atoms with E-state index in [0.29, 0.717) is 16.7 Å². The number of aryl methyl sites for hydroxylation is 1. The van der Waals surface area contributed by atoms with Crippen LogP contribution in [-0.2, 0) is 13.6 Å². The van der Waals surface area contributed by atoms with Gasteiger partial charge >= 0.3 is 6.18 Å². The van der Waals surface area contributed by atoms with Crippen LogP contribution in [0.1, 0.15) is 12.8 Å². The zero-order valence-electron chi connectivity index (χ0n) is 15.9. The summed E-state index contributed by atoms with van der Waals surface area (Å²) in [7, 11) is 1.62. The number of ether oxygens (including phenoxy) is 1. The van der Waals surface area contributed by atoms with Crippen LogP contribution in [-0.4, -0.2) is 39.7 Å². The molecule has 0 spiro atoms. The molecule has 154 valence electrons. The van der Waals surface area contributed by atoms with E-state index in [4.69, 9.17) is 4.74 Å². The van der Waals surface area contributed by atoms with E-state index in [2.05, 4.69) is 10.00 Å². The van der Waals surface area contributed by atoms with Crippen molar-refractivity contribution in [1.29, 1.82) is 0 Å². The zero-order valence-corrected chi connectivity index (χ0v) is 15.9. The minimum Gasteiger partial charge on any atom is -0.490 e. The molecular formula is C20H21F3N4O2. The molecule has 1 aromatic carbocycles. The molecule has 0 aliphatic carbocycles. The van der Waals surface area contributed by atoms with Crippen molar-refractivity contribution in [3.05, 3.63) is 52.9 Å². The zero-order chi connectivity index (χ0) is 20.6. The molecule has 0 atom stereocenters. The number of halogens is 3. The average Bonchev–Trinajstić information content (AvgIpc) is 3.07. The highest BCUT2D eigenvalue weighted by Gasteiger charge is 2.29. The van der Waals surface area contributed by atoms with Gasteiger partial charge in [0.2, 0.25) is 0 Å². The molecule has 6 nitrogen and oxygen atoms in total. The number of piperidine rings is 1. The Bertz CT molecular complexity index is 1070. The second kappa shape index (κ2) is 7.46. The summed E-state index contributed by atoms with van der Waals surface area (Å²) in [5, 5.41) is 4.95. The summed E-state index contributed by atoms with van der Waals surface area (Å²) >= 11 is 0. The molecule has 1 aliphatic heterocycles. The van der Waals surface area contributed by atoms with Crippen LogP contribution < -0.4 is 15.2 Å². The molecule has 1 saturated heterocycles. The average molecular weight is 406 g/mol. The van der Waals surface area contributed by atoms with Gasteiger partial charge in [-0.05, 0) is 24.3 Å². The number of benzene rings is 1. The van der Waals surface area contributed by atoms with Crippen LogP contribution in [0.3, 0.4) is 0 Å². The smallest absolute Gasteiger partial charge is 0.406 e. The maximum atomic E-state index is 12.8. The van der Waals surface area contributed by atoms with Crippen LogP contribution in [0, 0.1) is 0 Å². The number of anilines is 1. The van der Waals surface area contributed by atoms with Crippen molar-refractivity contribution in [2.24, 2.45) is 7.05 Å². The fourth-order valence-electron chi connectivity index (χ4n) is 3.67. The monoisotopic (exact) mass is 406 g/mol. The first-order valence-corrected chi connectivity index (χ1v) is 9.41. The van der Waals surface area contributed by atoms with Gasteiger partial charge in [-0.25, -0.2) is 4.68 Å². The summed E-state index contributed by atoms with van der Waals surface area (Å²) in [6.45, 7) is 0.423. The second-order valence-corrected chi connectivity index (χ2v) is 7.21. The van der Waals surface area contributed by atoms with Gasteiger partial charge in [0, 0.05) is 50.6 Å². The number of alkyl halides is 3. The van der Waals surface area contributed by atoms with Gasteiger partial charge in [0.15, 0.2) is 0 Å². The predicted molar refractivity (Wildman–Crippen MR) is 103 cm³/mol. The Labute approximate surface area is 165 Å².